The smallest absolute Gasteiger partial charge is 0.252 e. The lowest BCUT2D eigenvalue weighted by molar-refractivity contribution is 0.0929. The predicted octanol–water partition coefficient (Wildman–Crippen LogP) is 6.89. The number of aryl methyl sites for hydroxylation is 2. The standard InChI is InChI=1S/C24H24Cl2N2O/c1-14-10-15(2)23-19(11-14)20(24(29)27-17-6-4-3-5-7-17)13-22(28-23)18-9-8-16(25)12-21(18)26/h8-13,17H,3-7H2,1-2H3,(H,27,29). The zero-order valence-corrected chi connectivity index (χ0v) is 18.2. The molecule has 1 amide bonds. The maximum absolute atomic E-state index is 13.3. The predicted molar refractivity (Wildman–Crippen MR) is 121 cm³/mol. The van der Waals surface area contributed by atoms with Gasteiger partial charge in [-0.3, -0.25) is 4.79 Å². The first-order chi connectivity index (χ1) is 13.9. The molecule has 3 nitrogen and oxygen atoms in total. The van der Waals surface area contributed by atoms with Crippen molar-refractivity contribution in [3.63, 3.8) is 0 Å². The Balaban J connectivity index is 1.85. The summed E-state index contributed by atoms with van der Waals surface area (Å²) in [5, 5.41) is 5.22. The van der Waals surface area contributed by atoms with Gasteiger partial charge in [0.25, 0.3) is 5.91 Å². The number of carbonyl (C=O) groups is 1. The molecule has 4 rings (SSSR count). The molecule has 1 aliphatic rings. The van der Waals surface area contributed by atoms with Gasteiger partial charge in [-0.15, -0.1) is 0 Å². The summed E-state index contributed by atoms with van der Waals surface area (Å²) < 4.78 is 0. The summed E-state index contributed by atoms with van der Waals surface area (Å²) in [6, 6.07) is 11.6. The van der Waals surface area contributed by atoms with Crippen LogP contribution in [0.5, 0.6) is 0 Å². The molecule has 0 bridgehead atoms. The highest BCUT2D eigenvalue weighted by atomic mass is 35.5. The van der Waals surface area contributed by atoms with Crippen molar-refractivity contribution in [1.29, 1.82) is 0 Å². The SMILES string of the molecule is Cc1cc(C)c2nc(-c3ccc(Cl)cc3Cl)cc(C(=O)NC3CCCCC3)c2c1. The minimum absolute atomic E-state index is 0.0411. The maximum Gasteiger partial charge on any atom is 0.252 e. The second-order valence-electron chi connectivity index (χ2n) is 7.97. The Hall–Kier alpha value is -2.10. The Kier molecular flexibility index (Phi) is 5.80. The number of benzene rings is 2. The fourth-order valence-corrected chi connectivity index (χ4v) is 4.72. The highest BCUT2D eigenvalue weighted by Crippen LogP contribution is 2.33. The van der Waals surface area contributed by atoms with Crippen molar-refractivity contribution in [3.05, 3.63) is 63.1 Å². The van der Waals surface area contributed by atoms with Crippen LogP contribution in [-0.4, -0.2) is 16.9 Å². The van der Waals surface area contributed by atoms with E-state index in [0.29, 0.717) is 21.3 Å². The van der Waals surface area contributed by atoms with Gasteiger partial charge in [0, 0.05) is 22.0 Å². The highest BCUT2D eigenvalue weighted by molar-refractivity contribution is 6.36. The van der Waals surface area contributed by atoms with E-state index in [0.717, 1.165) is 40.4 Å². The number of hydrogen-bond donors (Lipinski definition) is 1. The number of pyridine rings is 1. The van der Waals surface area contributed by atoms with Gasteiger partial charge in [0.2, 0.25) is 0 Å². The van der Waals surface area contributed by atoms with E-state index >= 15 is 0 Å². The van der Waals surface area contributed by atoms with E-state index < -0.39 is 0 Å². The Morgan fingerprint density at radius 3 is 2.52 bits per heavy atom. The molecule has 0 aliphatic heterocycles. The number of carbonyl (C=O) groups excluding carboxylic acids is 1. The number of halogens is 2. The summed E-state index contributed by atoms with van der Waals surface area (Å²) in [5.74, 6) is -0.0411. The number of nitrogens with one attached hydrogen (secondary N) is 1. The molecular formula is C24H24Cl2N2O. The van der Waals surface area contributed by atoms with Gasteiger partial charge in [-0.05, 0) is 62.6 Å². The quantitative estimate of drug-likeness (QED) is 0.495. The van der Waals surface area contributed by atoms with Gasteiger partial charge in [-0.2, -0.15) is 0 Å². The molecule has 1 fully saturated rings. The van der Waals surface area contributed by atoms with E-state index in [1.54, 1.807) is 12.1 Å². The molecular weight excluding hydrogens is 403 g/mol. The van der Waals surface area contributed by atoms with Gasteiger partial charge in [-0.1, -0.05) is 54.1 Å². The van der Waals surface area contributed by atoms with Crippen LogP contribution in [-0.2, 0) is 0 Å². The number of nitrogens with zero attached hydrogens (tertiary/aromatic N) is 1. The first-order valence-corrected chi connectivity index (χ1v) is 10.9. The summed E-state index contributed by atoms with van der Waals surface area (Å²) in [4.78, 5) is 18.1. The van der Waals surface area contributed by atoms with Crippen LogP contribution in [0.1, 0.15) is 53.6 Å². The van der Waals surface area contributed by atoms with Crippen LogP contribution in [0, 0.1) is 13.8 Å². The Morgan fingerprint density at radius 2 is 1.79 bits per heavy atom. The summed E-state index contributed by atoms with van der Waals surface area (Å²) in [6.45, 7) is 4.07. The number of fused-ring (bicyclic) bond motifs is 1. The van der Waals surface area contributed by atoms with E-state index in [1.165, 1.54) is 19.3 Å². The summed E-state index contributed by atoms with van der Waals surface area (Å²) in [6.07, 6.45) is 5.69. The zero-order chi connectivity index (χ0) is 20.5. The average Bonchev–Trinajstić information content (AvgIpc) is 2.68. The van der Waals surface area contributed by atoms with E-state index in [1.807, 2.05) is 32.0 Å². The second kappa shape index (κ2) is 8.33. The molecule has 1 saturated carbocycles. The number of aromatic nitrogens is 1. The molecule has 29 heavy (non-hydrogen) atoms. The van der Waals surface area contributed by atoms with Gasteiger partial charge in [0.1, 0.15) is 0 Å². The number of amides is 1. The molecule has 2 aromatic carbocycles. The van der Waals surface area contributed by atoms with Crippen LogP contribution >= 0.6 is 23.2 Å². The first kappa shape index (κ1) is 20.2. The lowest BCUT2D eigenvalue weighted by Crippen LogP contribution is -2.36. The van der Waals surface area contributed by atoms with Crippen LogP contribution in [0.2, 0.25) is 10.0 Å². The number of rotatable bonds is 3. The summed E-state index contributed by atoms with van der Waals surface area (Å²) >= 11 is 12.5. The van der Waals surface area contributed by atoms with Crippen LogP contribution in [0.25, 0.3) is 22.2 Å². The lowest BCUT2D eigenvalue weighted by Gasteiger charge is -2.23. The molecule has 5 heteroatoms. The van der Waals surface area contributed by atoms with Crippen LogP contribution in [0.15, 0.2) is 36.4 Å². The lowest BCUT2D eigenvalue weighted by atomic mass is 9.94. The third-order valence-corrected chi connectivity index (χ3v) is 6.19. The minimum atomic E-state index is -0.0411. The van der Waals surface area contributed by atoms with Crippen molar-refractivity contribution in [2.45, 2.75) is 52.0 Å². The van der Waals surface area contributed by atoms with Crippen LogP contribution in [0.4, 0.5) is 0 Å². The molecule has 0 radical (unpaired) electrons. The Labute approximate surface area is 181 Å². The van der Waals surface area contributed by atoms with Crippen molar-refractivity contribution >= 4 is 40.0 Å². The van der Waals surface area contributed by atoms with Gasteiger partial charge < -0.3 is 5.32 Å². The Morgan fingerprint density at radius 1 is 1.03 bits per heavy atom. The molecule has 1 aromatic heterocycles. The van der Waals surface area contributed by atoms with E-state index in [4.69, 9.17) is 28.2 Å². The Bertz CT molecular complexity index is 1090. The normalized spacial score (nSPS) is 14.9. The fourth-order valence-electron chi connectivity index (χ4n) is 4.21. The number of hydrogen-bond acceptors (Lipinski definition) is 2. The topological polar surface area (TPSA) is 42.0 Å². The molecule has 3 aromatic rings. The van der Waals surface area contributed by atoms with Gasteiger partial charge >= 0.3 is 0 Å². The zero-order valence-electron chi connectivity index (χ0n) is 16.7. The van der Waals surface area contributed by atoms with Crippen LogP contribution in [0.3, 0.4) is 0 Å². The molecule has 0 unspecified atom stereocenters. The van der Waals surface area contributed by atoms with Crippen molar-refractivity contribution in [2.24, 2.45) is 0 Å². The van der Waals surface area contributed by atoms with Crippen molar-refractivity contribution < 1.29 is 4.79 Å². The van der Waals surface area contributed by atoms with Crippen molar-refractivity contribution in [3.8, 4) is 11.3 Å². The fraction of sp³-hybridized carbons (Fsp3) is 0.333. The summed E-state index contributed by atoms with van der Waals surface area (Å²) in [5.41, 5.74) is 5.07. The molecule has 1 heterocycles. The van der Waals surface area contributed by atoms with Crippen molar-refractivity contribution in [2.75, 3.05) is 0 Å². The van der Waals surface area contributed by atoms with Gasteiger partial charge in [-0.25, -0.2) is 4.98 Å². The monoisotopic (exact) mass is 426 g/mol. The van der Waals surface area contributed by atoms with E-state index in [2.05, 4.69) is 11.4 Å². The summed E-state index contributed by atoms with van der Waals surface area (Å²) in [7, 11) is 0. The highest BCUT2D eigenvalue weighted by Gasteiger charge is 2.21. The second-order valence-corrected chi connectivity index (χ2v) is 8.81. The third-order valence-electron chi connectivity index (χ3n) is 5.64. The maximum atomic E-state index is 13.3. The van der Waals surface area contributed by atoms with Gasteiger partial charge in [0.05, 0.1) is 21.8 Å². The minimum Gasteiger partial charge on any atom is -0.349 e. The van der Waals surface area contributed by atoms with E-state index in [9.17, 15) is 4.79 Å². The third kappa shape index (κ3) is 4.26. The first-order valence-electron chi connectivity index (χ1n) is 10.1. The molecule has 150 valence electrons. The van der Waals surface area contributed by atoms with Crippen LogP contribution < -0.4 is 5.32 Å². The molecule has 1 aliphatic carbocycles. The van der Waals surface area contributed by atoms with Gasteiger partial charge in [0.15, 0.2) is 0 Å². The van der Waals surface area contributed by atoms with Crippen molar-refractivity contribution in [1.82, 2.24) is 10.3 Å². The molecule has 0 saturated heterocycles. The van der Waals surface area contributed by atoms with E-state index in [-0.39, 0.29) is 11.9 Å². The largest absolute Gasteiger partial charge is 0.349 e. The molecule has 1 N–H and O–H groups in total. The molecule has 0 atom stereocenters. The average molecular weight is 427 g/mol. The molecule has 0 spiro atoms.